The highest BCUT2D eigenvalue weighted by Crippen LogP contribution is 2.23. The van der Waals surface area contributed by atoms with Gasteiger partial charge in [-0.3, -0.25) is 0 Å². The first-order chi connectivity index (χ1) is 9.13. The standard InChI is InChI=1S/C14H13ClN4/c1-19(2)12-7-6-11-14(17-12)18-13(16-11)9-4-3-5-10(15)8-9/h3-8H,1-2H3,(H,16,17,18). The number of imidazole rings is 1. The fourth-order valence-electron chi connectivity index (χ4n) is 1.90. The Labute approximate surface area is 116 Å². The SMILES string of the molecule is CN(C)c1ccc2[nH]c(-c3cccc(Cl)c3)nc2n1. The normalized spacial score (nSPS) is 10.9. The van der Waals surface area contributed by atoms with Crippen LogP contribution in [0.4, 0.5) is 5.82 Å². The molecule has 3 rings (SSSR count). The van der Waals surface area contributed by atoms with Crippen LogP contribution in [-0.2, 0) is 0 Å². The van der Waals surface area contributed by atoms with E-state index in [1.165, 1.54) is 0 Å². The molecule has 0 saturated heterocycles. The summed E-state index contributed by atoms with van der Waals surface area (Å²) in [5, 5.41) is 0.694. The number of halogens is 1. The first-order valence-corrected chi connectivity index (χ1v) is 6.31. The molecule has 0 radical (unpaired) electrons. The molecular weight excluding hydrogens is 260 g/mol. The first-order valence-electron chi connectivity index (χ1n) is 5.93. The van der Waals surface area contributed by atoms with Crippen LogP contribution in [0.15, 0.2) is 36.4 Å². The predicted molar refractivity (Wildman–Crippen MR) is 78.7 cm³/mol. The van der Waals surface area contributed by atoms with Crippen molar-refractivity contribution in [2.45, 2.75) is 0 Å². The third-order valence-electron chi connectivity index (χ3n) is 2.89. The van der Waals surface area contributed by atoms with E-state index in [9.17, 15) is 0 Å². The van der Waals surface area contributed by atoms with E-state index >= 15 is 0 Å². The van der Waals surface area contributed by atoms with Crippen molar-refractivity contribution in [2.75, 3.05) is 19.0 Å². The Bertz CT molecular complexity index is 733. The van der Waals surface area contributed by atoms with Crippen molar-refractivity contribution in [2.24, 2.45) is 0 Å². The summed E-state index contributed by atoms with van der Waals surface area (Å²) in [6, 6.07) is 11.5. The second-order valence-electron chi connectivity index (χ2n) is 4.53. The molecule has 0 amide bonds. The van der Waals surface area contributed by atoms with Gasteiger partial charge in [0.2, 0.25) is 0 Å². The minimum Gasteiger partial charge on any atom is -0.363 e. The number of nitrogens with one attached hydrogen (secondary N) is 1. The fraction of sp³-hybridized carbons (Fsp3) is 0.143. The number of rotatable bonds is 2. The minimum atomic E-state index is 0.694. The maximum absolute atomic E-state index is 6.00. The lowest BCUT2D eigenvalue weighted by atomic mass is 10.2. The topological polar surface area (TPSA) is 44.8 Å². The highest BCUT2D eigenvalue weighted by molar-refractivity contribution is 6.30. The van der Waals surface area contributed by atoms with Crippen molar-refractivity contribution in [3.05, 3.63) is 41.4 Å². The van der Waals surface area contributed by atoms with E-state index in [1.807, 2.05) is 55.4 Å². The molecule has 0 fully saturated rings. The quantitative estimate of drug-likeness (QED) is 0.778. The van der Waals surface area contributed by atoms with Crippen LogP contribution in [0.3, 0.4) is 0 Å². The van der Waals surface area contributed by atoms with Crippen LogP contribution >= 0.6 is 11.6 Å². The zero-order valence-electron chi connectivity index (χ0n) is 10.7. The smallest absolute Gasteiger partial charge is 0.180 e. The Kier molecular flexibility index (Phi) is 2.87. The number of aromatic nitrogens is 3. The molecule has 0 unspecified atom stereocenters. The molecule has 0 atom stereocenters. The number of benzene rings is 1. The molecule has 0 aliphatic heterocycles. The monoisotopic (exact) mass is 272 g/mol. The van der Waals surface area contributed by atoms with Crippen LogP contribution < -0.4 is 4.90 Å². The third-order valence-corrected chi connectivity index (χ3v) is 3.12. The molecule has 3 aromatic rings. The van der Waals surface area contributed by atoms with E-state index in [0.717, 1.165) is 22.7 Å². The molecular formula is C14H13ClN4. The molecule has 0 aliphatic rings. The number of hydrogen-bond acceptors (Lipinski definition) is 3. The van der Waals surface area contributed by atoms with Gasteiger partial charge in [-0.1, -0.05) is 23.7 Å². The van der Waals surface area contributed by atoms with Crippen LogP contribution in [-0.4, -0.2) is 29.0 Å². The third kappa shape index (κ3) is 2.27. The first kappa shape index (κ1) is 12.0. The predicted octanol–water partition coefficient (Wildman–Crippen LogP) is 3.34. The summed E-state index contributed by atoms with van der Waals surface area (Å²) < 4.78 is 0. The Morgan fingerprint density at radius 1 is 1.11 bits per heavy atom. The van der Waals surface area contributed by atoms with Gasteiger partial charge >= 0.3 is 0 Å². The number of H-pyrrole nitrogens is 1. The average molecular weight is 273 g/mol. The number of fused-ring (bicyclic) bond motifs is 1. The highest BCUT2D eigenvalue weighted by Gasteiger charge is 2.08. The zero-order valence-corrected chi connectivity index (χ0v) is 11.4. The van der Waals surface area contributed by atoms with Gasteiger partial charge in [-0.15, -0.1) is 0 Å². The molecule has 19 heavy (non-hydrogen) atoms. The molecule has 2 aromatic heterocycles. The van der Waals surface area contributed by atoms with Gasteiger partial charge in [0.15, 0.2) is 5.65 Å². The molecule has 4 nitrogen and oxygen atoms in total. The second-order valence-corrected chi connectivity index (χ2v) is 4.97. The van der Waals surface area contributed by atoms with Gasteiger partial charge in [0, 0.05) is 24.7 Å². The number of pyridine rings is 1. The summed E-state index contributed by atoms with van der Waals surface area (Å²) >= 11 is 6.00. The Morgan fingerprint density at radius 3 is 2.68 bits per heavy atom. The minimum absolute atomic E-state index is 0.694. The molecule has 0 spiro atoms. The number of anilines is 1. The lowest BCUT2D eigenvalue weighted by Gasteiger charge is -2.09. The van der Waals surface area contributed by atoms with Crippen LogP contribution in [0, 0.1) is 0 Å². The Hall–Kier alpha value is -2.07. The summed E-state index contributed by atoms with van der Waals surface area (Å²) in [6.07, 6.45) is 0. The van der Waals surface area contributed by atoms with Crippen molar-refractivity contribution in [3.63, 3.8) is 0 Å². The second kappa shape index (κ2) is 4.55. The van der Waals surface area contributed by atoms with Gasteiger partial charge < -0.3 is 9.88 Å². The van der Waals surface area contributed by atoms with Crippen molar-refractivity contribution in [1.82, 2.24) is 15.0 Å². The Balaban J connectivity index is 2.11. The number of hydrogen-bond donors (Lipinski definition) is 1. The molecule has 0 bridgehead atoms. The maximum atomic E-state index is 6.00. The Morgan fingerprint density at radius 2 is 1.95 bits per heavy atom. The molecule has 96 valence electrons. The average Bonchev–Trinajstić information content (AvgIpc) is 2.81. The molecule has 0 aliphatic carbocycles. The van der Waals surface area contributed by atoms with E-state index in [4.69, 9.17) is 11.6 Å². The van der Waals surface area contributed by atoms with Crippen LogP contribution in [0.5, 0.6) is 0 Å². The molecule has 1 aromatic carbocycles. The van der Waals surface area contributed by atoms with E-state index in [1.54, 1.807) is 0 Å². The van der Waals surface area contributed by atoms with Gasteiger partial charge in [-0.25, -0.2) is 9.97 Å². The summed E-state index contributed by atoms with van der Waals surface area (Å²) in [4.78, 5) is 14.2. The van der Waals surface area contributed by atoms with Gasteiger partial charge in [0.25, 0.3) is 0 Å². The van der Waals surface area contributed by atoms with Gasteiger partial charge in [0.05, 0.1) is 5.52 Å². The summed E-state index contributed by atoms with van der Waals surface area (Å²) in [5.74, 6) is 1.66. The van der Waals surface area contributed by atoms with Gasteiger partial charge in [-0.2, -0.15) is 0 Å². The van der Waals surface area contributed by atoms with Crippen LogP contribution in [0.2, 0.25) is 5.02 Å². The lowest BCUT2D eigenvalue weighted by Crippen LogP contribution is -2.10. The van der Waals surface area contributed by atoms with Gasteiger partial charge in [0.1, 0.15) is 11.6 Å². The number of aromatic amines is 1. The lowest BCUT2D eigenvalue weighted by molar-refractivity contribution is 1.08. The van der Waals surface area contributed by atoms with Crippen molar-refractivity contribution < 1.29 is 0 Å². The fourth-order valence-corrected chi connectivity index (χ4v) is 2.09. The van der Waals surface area contributed by atoms with E-state index < -0.39 is 0 Å². The van der Waals surface area contributed by atoms with Crippen molar-refractivity contribution in [1.29, 1.82) is 0 Å². The molecule has 5 heteroatoms. The summed E-state index contributed by atoms with van der Waals surface area (Å²) in [5.41, 5.74) is 2.58. The van der Waals surface area contributed by atoms with Crippen molar-refractivity contribution >= 4 is 28.6 Å². The summed E-state index contributed by atoms with van der Waals surface area (Å²) in [7, 11) is 3.91. The zero-order chi connectivity index (χ0) is 13.4. The summed E-state index contributed by atoms with van der Waals surface area (Å²) in [6.45, 7) is 0. The molecule has 1 N–H and O–H groups in total. The molecule has 2 heterocycles. The van der Waals surface area contributed by atoms with E-state index in [2.05, 4.69) is 15.0 Å². The van der Waals surface area contributed by atoms with Gasteiger partial charge in [-0.05, 0) is 24.3 Å². The largest absolute Gasteiger partial charge is 0.363 e. The number of nitrogens with zero attached hydrogens (tertiary/aromatic N) is 3. The van der Waals surface area contributed by atoms with Crippen LogP contribution in [0.1, 0.15) is 0 Å². The van der Waals surface area contributed by atoms with Crippen LogP contribution in [0.25, 0.3) is 22.6 Å². The van der Waals surface area contributed by atoms with Crippen molar-refractivity contribution in [3.8, 4) is 11.4 Å². The maximum Gasteiger partial charge on any atom is 0.180 e. The van der Waals surface area contributed by atoms with E-state index in [-0.39, 0.29) is 0 Å². The van der Waals surface area contributed by atoms with E-state index in [0.29, 0.717) is 10.7 Å². The molecule has 0 saturated carbocycles. The highest BCUT2D eigenvalue weighted by atomic mass is 35.5.